The molecule has 1 aromatic carbocycles. The first-order valence-electron chi connectivity index (χ1n) is 7.01. The summed E-state index contributed by atoms with van der Waals surface area (Å²) >= 11 is 5.85. The Kier molecular flexibility index (Phi) is 6.70. The SMILES string of the molecule is CC[C@H](C)[C@H](NS(=O)(=O)c1cc(Cl)c(NC(C)=O)cc1F)C(=O)O. The van der Waals surface area contributed by atoms with Crippen LogP contribution in [0.2, 0.25) is 5.02 Å². The van der Waals surface area contributed by atoms with Crippen molar-refractivity contribution in [3.63, 3.8) is 0 Å². The van der Waals surface area contributed by atoms with E-state index in [1.165, 1.54) is 6.92 Å². The zero-order valence-electron chi connectivity index (χ0n) is 13.3. The average molecular weight is 381 g/mol. The van der Waals surface area contributed by atoms with Crippen LogP contribution in [0.4, 0.5) is 10.1 Å². The Morgan fingerprint density at radius 3 is 2.42 bits per heavy atom. The van der Waals surface area contributed by atoms with Gasteiger partial charge in [-0.1, -0.05) is 31.9 Å². The lowest BCUT2D eigenvalue weighted by molar-refractivity contribution is -0.140. The van der Waals surface area contributed by atoms with E-state index in [0.29, 0.717) is 6.42 Å². The molecule has 7 nitrogen and oxygen atoms in total. The molecule has 0 aliphatic rings. The molecule has 0 unspecified atom stereocenters. The minimum atomic E-state index is -4.46. The summed E-state index contributed by atoms with van der Waals surface area (Å²) in [4.78, 5) is 21.4. The third-order valence-electron chi connectivity index (χ3n) is 3.38. The molecule has 0 aliphatic carbocycles. The van der Waals surface area contributed by atoms with Gasteiger partial charge in [-0.2, -0.15) is 4.72 Å². The normalized spacial score (nSPS) is 14.0. The molecule has 0 aliphatic heterocycles. The molecule has 134 valence electrons. The van der Waals surface area contributed by atoms with Crippen molar-refractivity contribution in [2.45, 2.75) is 38.1 Å². The molecule has 0 saturated carbocycles. The highest BCUT2D eigenvalue weighted by Crippen LogP contribution is 2.28. The Labute approximate surface area is 144 Å². The van der Waals surface area contributed by atoms with Gasteiger partial charge in [0.25, 0.3) is 0 Å². The number of carboxylic acids is 1. The molecule has 0 spiro atoms. The third kappa shape index (κ3) is 4.89. The number of aliphatic carboxylic acids is 1. The molecular formula is C14H18ClFN2O5S. The minimum Gasteiger partial charge on any atom is -0.480 e. The Morgan fingerprint density at radius 2 is 1.96 bits per heavy atom. The van der Waals surface area contributed by atoms with E-state index in [0.717, 1.165) is 12.1 Å². The van der Waals surface area contributed by atoms with Gasteiger partial charge in [-0.3, -0.25) is 9.59 Å². The topological polar surface area (TPSA) is 113 Å². The van der Waals surface area contributed by atoms with Crippen LogP contribution < -0.4 is 10.0 Å². The molecule has 2 atom stereocenters. The van der Waals surface area contributed by atoms with Gasteiger partial charge in [0.15, 0.2) is 0 Å². The lowest BCUT2D eigenvalue weighted by Gasteiger charge is -2.20. The van der Waals surface area contributed by atoms with E-state index in [1.807, 2.05) is 4.72 Å². The number of hydrogen-bond acceptors (Lipinski definition) is 4. The van der Waals surface area contributed by atoms with Gasteiger partial charge >= 0.3 is 5.97 Å². The van der Waals surface area contributed by atoms with Crippen molar-refractivity contribution in [3.8, 4) is 0 Å². The molecule has 1 amide bonds. The first-order chi connectivity index (χ1) is 11.0. The van der Waals surface area contributed by atoms with Crippen molar-refractivity contribution in [2.24, 2.45) is 5.92 Å². The summed E-state index contributed by atoms with van der Waals surface area (Å²) in [5.74, 6) is -3.54. The Bertz CT molecular complexity index is 754. The monoisotopic (exact) mass is 380 g/mol. The van der Waals surface area contributed by atoms with Crippen molar-refractivity contribution in [3.05, 3.63) is 23.0 Å². The number of rotatable bonds is 7. The van der Waals surface area contributed by atoms with Gasteiger partial charge in [0.05, 0.1) is 10.7 Å². The number of sulfonamides is 1. The molecule has 24 heavy (non-hydrogen) atoms. The smallest absolute Gasteiger partial charge is 0.322 e. The quantitative estimate of drug-likeness (QED) is 0.671. The summed E-state index contributed by atoms with van der Waals surface area (Å²) < 4.78 is 40.7. The van der Waals surface area contributed by atoms with Crippen LogP contribution in [-0.4, -0.2) is 31.4 Å². The number of carbonyl (C=O) groups is 2. The van der Waals surface area contributed by atoms with Crippen LogP contribution in [0.3, 0.4) is 0 Å². The fourth-order valence-electron chi connectivity index (χ4n) is 1.90. The summed E-state index contributed by atoms with van der Waals surface area (Å²) in [5, 5.41) is 11.2. The number of carbonyl (C=O) groups excluding carboxylic acids is 1. The van der Waals surface area contributed by atoms with E-state index < -0.39 is 44.6 Å². The first-order valence-corrected chi connectivity index (χ1v) is 8.87. The molecule has 3 N–H and O–H groups in total. The molecule has 0 bridgehead atoms. The largest absolute Gasteiger partial charge is 0.480 e. The maximum absolute atomic E-state index is 14.1. The molecular weight excluding hydrogens is 363 g/mol. The zero-order valence-corrected chi connectivity index (χ0v) is 14.8. The summed E-state index contributed by atoms with van der Waals surface area (Å²) in [6.45, 7) is 4.45. The Balaban J connectivity index is 3.25. The highest BCUT2D eigenvalue weighted by molar-refractivity contribution is 7.89. The second kappa shape index (κ2) is 7.91. The van der Waals surface area contributed by atoms with Gasteiger partial charge in [0, 0.05) is 13.0 Å². The maximum atomic E-state index is 14.1. The van der Waals surface area contributed by atoms with Crippen molar-refractivity contribution in [1.82, 2.24) is 4.72 Å². The van der Waals surface area contributed by atoms with E-state index in [9.17, 15) is 22.4 Å². The number of hydrogen-bond donors (Lipinski definition) is 3. The van der Waals surface area contributed by atoms with Crippen LogP contribution in [0.5, 0.6) is 0 Å². The summed E-state index contributed by atoms with van der Waals surface area (Å²) in [6, 6.07) is 0.172. The van der Waals surface area contributed by atoms with Gasteiger partial charge in [0.2, 0.25) is 15.9 Å². The van der Waals surface area contributed by atoms with E-state index in [-0.39, 0.29) is 10.7 Å². The molecule has 0 saturated heterocycles. The maximum Gasteiger partial charge on any atom is 0.322 e. The lowest BCUT2D eigenvalue weighted by atomic mass is 10.0. The zero-order chi connectivity index (χ0) is 18.7. The molecule has 1 rings (SSSR count). The number of amides is 1. The number of halogens is 2. The number of nitrogens with one attached hydrogen (secondary N) is 2. The van der Waals surface area contributed by atoms with Gasteiger partial charge in [-0.25, -0.2) is 12.8 Å². The van der Waals surface area contributed by atoms with Crippen molar-refractivity contribution < 1.29 is 27.5 Å². The standard InChI is InChI=1S/C14H18ClFN2O5S/c1-4-7(2)13(14(20)21)18-24(22,23)12-5-9(15)11(6-10(12)16)17-8(3)19/h5-7,13,18H,4H2,1-3H3,(H,17,19)(H,20,21)/t7-,13-/m0/s1. The fourth-order valence-corrected chi connectivity index (χ4v) is 3.55. The van der Waals surface area contributed by atoms with Crippen LogP contribution in [0.15, 0.2) is 17.0 Å². The van der Waals surface area contributed by atoms with E-state index in [4.69, 9.17) is 16.7 Å². The summed E-state index contributed by atoms with van der Waals surface area (Å²) in [7, 11) is -4.46. The van der Waals surface area contributed by atoms with Crippen LogP contribution in [0.25, 0.3) is 0 Å². The minimum absolute atomic E-state index is 0.0858. The fraction of sp³-hybridized carbons (Fsp3) is 0.429. The van der Waals surface area contributed by atoms with Crippen molar-refractivity contribution in [2.75, 3.05) is 5.32 Å². The van der Waals surface area contributed by atoms with E-state index in [1.54, 1.807) is 13.8 Å². The predicted molar refractivity (Wildman–Crippen MR) is 86.9 cm³/mol. The predicted octanol–water partition coefficient (Wildman–Crippen LogP) is 2.22. The van der Waals surface area contributed by atoms with E-state index >= 15 is 0 Å². The highest BCUT2D eigenvalue weighted by atomic mass is 35.5. The van der Waals surface area contributed by atoms with Crippen LogP contribution >= 0.6 is 11.6 Å². The Morgan fingerprint density at radius 1 is 1.38 bits per heavy atom. The number of benzene rings is 1. The summed E-state index contributed by atoms with van der Waals surface area (Å²) in [5.41, 5.74) is -0.0858. The lowest BCUT2D eigenvalue weighted by Crippen LogP contribution is -2.45. The Hall–Kier alpha value is -1.71. The molecule has 10 heteroatoms. The van der Waals surface area contributed by atoms with E-state index in [2.05, 4.69) is 5.32 Å². The van der Waals surface area contributed by atoms with Crippen LogP contribution in [0.1, 0.15) is 27.2 Å². The second-order valence-electron chi connectivity index (χ2n) is 5.27. The molecule has 0 heterocycles. The molecule has 0 aromatic heterocycles. The molecule has 0 fully saturated rings. The summed E-state index contributed by atoms with van der Waals surface area (Å²) in [6.07, 6.45) is 0.407. The van der Waals surface area contributed by atoms with Gasteiger partial charge < -0.3 is 10.4 Å². The molecule has 0 radical (unpaired) electrons. The van der Waals surface area contributed by atoms with Crippen LogP contribution in [-0.2, 0) is 19.6 Å². The molecule has 1 aromatic rings. The number of carboxylic acid groups (broad SMARTS) is 1. The number of anilines is 1. The third-order valence-corrected chi connectivity index (χ3v) is 5.15. The first kappa shape index (κ1) is 20.3. The van der Waals surface area contributed by atoms with Crippen molar-refractivity contribution >= 4 is 39.2 Å². The average Bonchev–Trinajstić information content (AvgIpc) is 2.46. The van der Waals surface area contributed by atoms with Gasteiger partial charge in [-0.05, 0) is 12.0 Å². The van der Waals surface area contributed by atoms with Crippen molar-refractivity contribution in [1.29, 1.82) is 0 Å². The van der Waals surface area contributed by atoms with Gasteiger partial charge in [-0.15, -0.1) is 0 Å². The second-order valence-corrected chi connectivity index (χ2v) is 7.36. The van der Waals surface area contributed by atoms with Gasteiger partial charge in [0.1, 0.15) is 16.8 Å². The van der Waals surface area contributed by atoms with Crippen LogP contribution in [0, 0.1) is 11.7 Å². The highest BCUT2D eigenvalue weighted by Gasteiger charge is 2.31.